The Kier molecular flexibility index (Phi) is 4.62. The molecule has 0 radical (unpaired) electrons. The van der Waals surface area contributed by atoms with Gasteiger partial charge in [-0.2, -0.15) is 4.72 Å². The van der Waals surface area contributed by atoms with Crippen molar-refractivity contribution < 1.29 is 8.42 Å². The molecule has 132 valence electrons. The normalized spacial score (nSPS) is 12.6. The molecule has 0 spiro atoms. The number of nitrogens with zero attached hydrogens (tertiary/aromatic N) is 2. The second-order valence-corrected chi connectivity index (χ2v) is 8.47. The monoisotopic (exact) mass is 377 g/mol. The molecule has 3 rings (SSSR count). The predicted molar refractivity (Wildman–Crippen MR) is 100 cm³/mol. The SMILES string of the molecule is CCn1c(C(C)(C)NS(=O)(=O)c2ccc(Cl)cc2)nc2ccccc21. The first kappa shape index (κ1) is 17.9. The second kappa shape index (κ2) is 6.44. The first-order valence-electron chi connectivity index (χ1n) is 8.00. The molecule has 2 aromatic carbocycles. The molecule has 0 aliphatic carbocycles. The summed E-state index contributed by atoms with van der Waals surface area (Å²) in [5.74, 6) is 0.675. The number of aromatic nitrogens is 2. The summed E-state index contributed by atoms with van der Waals surface area (Å²) < 4.78 is 30.3. The van der Waals surface area contributed by atoms with Gasteiger partial charge in [0.2, 0.25) is 10.0 Å². The van der Waals surface area contributed by atoms with Crippen LogP contribution in [0, 0.1) is 0 Å². The molecule has 1 heterocycles. The number of para-hydroxylation sites is 2. The maximum absolute atomic E-state index is 12.8. The maximum Gasteiger partial charge on any atom is 0.241 e. The van der Waals surface area contributed by atoms with E-state index in [1.54, 1.807) is 12.1 Å². The molecule has 0 unspecified atom stereocenters. The van der Waals surface area contributed by atoms with Crippen molar-refractivity contribution >= 4 is 32.7 Å². The van der Waals surface area contributed by atoms with Crippen LogP contribution in [-0.4, -0.2) is 18.0 Å². The van der Waals surface area contributed by atoms with E-state index >= 15 is 0 Å². The first-order valence-corrected chi connectivity index (χ1v) is 9.86. The highest BCUT2D eigenvalue weighted by molar-refractivity contribution is 7.89. The highest BCUT2D eigenvalue weighted by atomic mass is 35.5. The minimum Gasteiger partial charge on any atom is -0.327 e. The summed E-state index contributed by atoms with van der Waals surface area (Å²) in [5, 5.41) is 0.492. The fourth-order valence-electron chi connectivity index (χ4n) is 2.93. The Morgan fingerprint density at radius 2 is 1.76 bits per heavy atom. The van der Waals surface area contributed by atoms with Crippen LogP contribution in [0.4, 0.5) is 0 Å². The van der Waals surface area contributed by atoms with Crippen LogP contribution >= 0.6 is 11.6 Å². The van der Waals surface area contributed by atoms with Crippen molar-refractivity contribution in [3.8, 4) is 0 Å². The average Bonchev–Trinajstić information content (AvgIpc) is 2.94. The molecular formula is C18H20ClN3O2S. The van der Waals surface area contributed by atoms with Gasteiger partial charge in [-0.3, -0.25) is 0 Å². The molecule has 0 aliphatic heterocycles. The van der Waals surface area contributed by atoms with E-state index in [0.717, 1.165) is 11.0 Å². The van der Waals surface area contributed by atoms with Crippen LogP contribution in [-0.2, 0) is 22.1 Å². The Hall–Kier alpha value is -1.89. The Morgan fingerprint density at radius 1 is 1.12 bits per heavy atom. The van der Waals surface area contributed by atoms with Crippen LogP contribution < -0.4 is 4.72 Å². The molecule has 25 heavy (non-hydrogen) atoms. The van der Waals surface area contributed by atoms with Gasteiger partial charge in [-0.25, -0.2) is 13.4 Å². The highest BCUT2D eigenvalue weighted by Gasteiger charge is 2.32. The lowest BCUT2D eigenvalue weighted by atomic mass is 10.1. The molecule has 7 heteroatoms. The topological polar surface area (TPSA) is 64.0 Å². The molecule has 1 aromatic heterocycles. The zero-order valence-corrected chi connectivity index (χ0v) is 15.9. The number of fused-ring (bicyclic) bond motifs is 1. The summed E-state index contributed by atoms with van der Waals surface area (Å²) in [5.41, 5.74) is 0.949. The summed E-state index contributed by atoms with van der Waals surface area (Å²) in [6.45, 7) is 6.34. The number of halogens is 1. The van der Waals surface area contributed by atoms with E-state index in [1.807, 2.05) is 49.6 Å². The van der Waals surface area contributed by atoms with E-state index in [0.29, 0.717) is 17.4 Å². The van der Waals surface area contributed by atoms with Crippen molar-refractivity contribution in [2.45, 2.75) is 37.8 Å². The van der Waals surface area contributed by atoms with Crippen molar-refractivity contribution in [1.82, 2.24) is 14.3 Å². The van der Waals surface area contributed by atoms with Crippen molar-refractivity contribution in [1.29, 1.82) is 0 Å². The van der Waals surface area contributed by atoms with Gasteiger partial charge >= 0.3 is 0 Å². The van der Waals surface area contributed by atoms with Crippen molar-refractivity contribution in [3.05, 3.63) is 59.4 Å². The average molecular weight is 378 g/mol. The number of imidazole rings is 1. The fraction of sp³-hybridized carbons (Fsp3) is 0.278. The van der Waals surface area contributed by atoms with Gasteiger partial charge in [-0.1, -0.05) is 23.7 Å². The van der Waals surface area contributed by atoms with Gasteiger partial charge in [-0.15, -0.1) is 0 Å². The van der Waals surface area contributed by atoms with E-state index in [4.69, 9.17) is 11.6 Å². The van der Waals surface area contributed by atoms with Gasteiger partial charge in [0, 0.05) is 11.6 Å². The number of hydrogen-bond acceptors (Lipinski definition) is 3. The van der Waals surface area contributed by atoms with E-state index in [9.17, 15) is 8.42 Å². The number of hydrogen-bond donors (Lipinski definition) is 1. The third-order valence-corrected chi connectivity index (χ3v) is 5.97. The minimum absolute atomic E-state index is 0.170. The molecule has 0 bridgehead atoms. The van der Waals surface area contributed by atoms with Gasteiger partial charge in [0.05, 0.1) is 21.5 Å². The van der Waals surface area contributed by atoms with Gasteiger partial charge in [-0.05, 0) is 57.2 Å². The van der Waals surface area contributed by atoms with E-state index < -0.39 is 15.6 Å². The van der Waals surface area contributed by atoms with Crippen LogP contribution in [0.3, 0.4) is 0 Å². The molecule has 0 fully saturated rings. The van der Waals surface area contributed by atoms with Crippen LogP contribution in [0.2, 0.25) is 5.02 Å². The first-order chi connectivity index (χ1) is 11.7. The van der Waals surface area contributed by atoms with Crippen molar-refractivity contribution in [2.24, 2.45) is 0 Å². The lowest BCUT2D eigenvalue weighted by molar-refractivity contribution is 0.429. The maximum atomic E-state index is 12.8. The zero-order chi connectivity index (χ0) is 18.2. The number of aryl methyl sites for hydroxylation is 1. The quantitative estimate of drug-likeness (QED) is 0.732. The molecule has 0 atom stereocenters. The molecule has 3 aromatic rings. The predicted octanol–water partition coefficient (Wildman–Crippen LogP) is 3.92. The van der Waals surface area contributed by atoms with Crippen LogP contribution in [0.25, 0.3) is 11.0 Å². The lowest BCUT2D eigenvalue weighted by Gasteiger charge is -2.26. The molecule has 0 amide bonds. The lowest BCUT2D eigenvalue weighted by Crippen LogP contribution is -2.42. The zero-order valence-electron chi connectivity index (χ0n) is 14.3. The summed E-state index contributed by atoms with van der Waals surface area (Å²) in [6, 6.07) is 13.9. The van der Waals surface area contributed by atoms with Crippen LogP contribution in [0.15, 0.2) is 53.4 Å². The molecule has 0 saturated carbocycles. The smallest absolute Gasteiger partial charge is 0.241 e. The van der Waals surface area contributed by atoms with E-state index in [1.165, 1.54) is 12.1 Å². The largest absolute Gasteiger partial charge is 0.327 e. The fourth-order valence-corrected chi connectivity index (χ4v) is 4.43. The van der Waals surface area contributed by atoms with Gasteiger partial charge < -0.3 is 4.57 Å². The number of benzene rings is 2. The van der Waals surface area contributed by atoms with Crippen molar-refractivity contribution in [3.63, 3.8) is 0 Å². The van der Waals surface area contributed by atoms with Crippen LogP contribution in [0.1, 0.15) is 26.6 Å². The van der Waals surface area contributed by atoms with Gasteiger partial charge in [0.15, 0.2) is 0 Å². The Labute approximate surface area is 152 Å². The number of nitrogens with one attached hydrogen (secondary N) is 1. The Balaban J connectivity index is 2.03. The molecule has 0 aliphatic rings. The summed E-state index contributed by atoms with van der Waals surface area (Å²) in [4.78, 5) is 4.83. The second-order valence-electron chi connectivity index (χ2n) is 6.35. The van der Waals surface area contributed by atoms with E-state index in [2.05, 4.69) is 9.71 Å². The third kappa shape index (κ3) is 3.42. The summed E-state index contributed by atoms with van der Waals surface area (Å²) >= 11 is 5.85. The van der Waals surface area contributed by atoms with Crippen LogP contribution in [0.5, 0.6) is 0 Å². The highest BCUT2D eigenvalue weighted by Crippen LogP contribution is 2.27. The third-order valence-electron chi connectivity index (χ3n) is 4.04. The summed E-state index contributed by atoms with van der Waals surface area (Å²) in [7, 11) is -3.71. The number of rotatable bonds is 5. The van der Waals surface area contributed by atoms with E-state index in [-0.39, 0.29) is 4.90 Å². The van der Waals surface area contributed by atoms with Gasteiger partial charge in [0.25, 0.3) is 0 Å². The summed E-state index contributed by atoms with van der Waals surface area (Å²) in [6.07, 6.45) is 0. The molecule has 0 saturated heterocycles. The Morgan fingerprint density at radius 3 is 2.40 bits per heavy atom. The molecule has 1 N–H and O–H groups in total. The van der Waals surface area contributed by atoms with Crippen molar-refractivity contribution in [2.75, 3.05) is 0 Å². The minimum atomic E-state index is -3.71. The molecular weight excluding hydrogens is 358 g/mol. The Bertz CT molecular complexity index is 1010. The molecule has 5 nitrogen and oxygen atoms in total. The van der Waals surface area contributed by atoms with Gasteiger partial charge in [0.1, 0.15) is 5.82 Å². The number of sulfonamides is 1. The standard InChI is InChI=1S/C18H20ClN3O2S/c1-4-22-16-8-6-5-7-15(16)20-17(22)18(2,3)21-25(23,24)14-11-9-13(19)10-12-14/h5-12,21H,4H2,1-3H3.